The van der Waals surface area contributed by atoms with Crippen LogP contribution in [0.25, 0.3) is 5.65 Å². The number of rotatable bonds is 11. The van der Waals surface area contributed by atoms with E-state index in [1.807, 2.05) is 35.0 Å². The van der Waals surface area contributed by atoms with Crippen molar-refractivity contribution in [2.45, 2.75) is 105 Å². The van der Waals surface area contributed by atoms with Crippen molar-refractivity contribution < 1.29 is 4.74 Å². The molecule has 0 amide bonds. The average Bonchev–Trinajstić information content (AvgIpc) is 3.48. The minimum atomic E-state index is 0.156. The number of pyridine rings is 1. The molecule has 2 aliphatic rings. The maximum atomic E-state index is 8.60. The van der Waals surface area contributed by atoms with Crippen molar-refractivity contribution >= 4 is 28.9 Å². The Kier molecular flexibility index (Phi) is 10.8. The third-order valence-electron chi connectivity index (χ3n) is 11.4. The smallest absolute Gasteiger partial charge is 0.218 e. The van der Waals surface area contributed by atoms with E-state index in [9.17, 15) is 0 Å². The fourth-order valence-corrected chi connectivity index (χ4v) is 8.96. The Bertz CT molecular complexity index is 1710. The van der Waals surface area contributed by atoms with E-state index in [0.29, 0.717) is 70.6 Å². The van der Waals surface area contributed by atoms with Crippen molar-refractivity contribution in [1.29, 1.82) is 5.41 Å². The zero-order chi connectivity index (χ0) is 34.8. The van der Waals surface area contributed by atoms with E-state index in [0.717, 1.165) is 29.7 Å². The first kappa shape index (κ1) is 35.2. The van der Waals surface area contributed by atoms with E-state index in [1.165, 1.54) is 42.4 Å². The lowest BCUT2D eigenvalue weighted by Gasteiger charge is -2.42. The maximum absolute atomic E-state index is 8.60. The van der Waals surface area contributed by atoms with Crippen LogP contribution < -0.4 is 15.8 Å². The number of anilines is 1. The number of benzene rings is 1. The Hall–Kier alpha value is -3.65. The molecule has 0 spiro atoms. The SMILES string of the molecule is CC1CCC(C(C)C)C(c2cc(C(=N)N)cc(C3CC(C)CCC3C(C)C)c2CNc2cc(OCc3cn4cc(Cl)ccc4n3)ncn2)C1. The highest BCUT2D eigenvalue weighted by Gasteiger charge is 2.37. The van der Waals surface area contributed by atoms with Gasteiger partial charge in [-0.15, -0.1) is 0 Å². The predicted octanol–water partition coefficient (Wildman–Crippen LogP) is 9.60. The number of halogens is 1. The second kappa shape index (κ2) is 15.1. The van der Waals surface area contributed by atoms with Crippen molar-refractivity contribution in [1.82, 2.24) is 19.4 Å². The lowest BCUT2D eigenvalue weighted by atomic mass is 9.63. The summed E-state index contributed by atoms with van der Waals surface area (Å²) in [4.78, 5) is 13.6. The number of hydrogen-bond acceptors (Lipinski definition) is 6. The molecule has 0 aliphatic heterocycles. The molecule has 2 fully saturated rings. The van der Waals surface area contributed by atoms with Crippen molar-refractivity contribution in [2.75, 3.05) is 5.32 Å². The number of fused-ring (bicyclic) bond motifs is 1. The Morgan fingerprint density at radius 2 is 1.57 bits per heavy atom. The van der Waals surface area contributed by atoms with Crippen LogP contribution >= 0.6 is 11.6 Å². The number of nitrogens with one attached hydrogen (secondary N) is 2. The zero-order valence-electron chi connectivity index (χ0n) is 30.0. The molecule has 1 aromatic carbocycles. The first-order valence-corrected chi connectivity index (χ1v) is 18.7. The minimum absolute atomic E-state index is 0.156. The van der Waals surface area contributed by atoms with Gasteiger partial charge in [-0.1, -0.05) is 66.0 Å². The van der Waals surface area contributed by atoms with Gasteiger partial charge in [0.25, 0.3) is 0 Å². The number of hydrogen-bond donors (Lipinski definition) is 3. The fraction of sp³-hybridized carbons (Fsp3) is 0.550. The van der Waals surface area contributed by atoms with E-state index >= 15 is 0 Å². The quantitative estimate of drug-likeness (QED) is 0.107. The van der Waals surface area contributed by atoms with Gasteiger partial charge < -0.3 is 20.2 Å². The molecule has 262 valence electrons. The highest BCUT2D eigenvalue weighted by molar-refractivity contribution is 6.30. The van der Waals surface area contributed by atoms with Gasteiger partial charge in [-0.05, 0) is 114 Å². The molecule has 2 saturated carbocycles. The van der Waals surface area contributed by atoms with Gasteiger partial charge in [-0.25, -0.2) is 15.0 Å². The molecule has 0 saturated heterocycles. The normalized spacial score (nSPS) is 24.4. The van der Waals surface area contributed by atoms with Gasteiger partial charge in [-0.3, -0.25) is 5.41 Å². The van der Waals surface area contributed by atoms with Crippen molar-refractivity contribution in [3.05, 3.63) is 82.0 Å². The van der Waals surface area contributed by atoms with Gasteiger partial charge in [-0.2, -0.15) is 0 Å². The second-order valence-corrected chi connectivity index (χ2v) is 16.1. The van der Waals surface area contributed by atoms with E-state index in [-0.39, 0.29) is 12.4 Å². The van der Waals surface area contributed by atoms with Crippen molar-refractivity contribution in [2.24, 2.45) is 41.2 Å². The summed E-state index contributed by atoms with van der Waals surface area (Å²) < 4.78 is 7.99. The molecule has 6 unspecified atom stereocenters. The number of imidazole rings is 1. The molecule has 4 aromatic rings. The van der Waals surface area contributed by atoms with Crippen LogP contribution in [0, 0.1) is 40.9 Å². The van der Waals surface area contributed by atoms with Crippen molar-refractivity contribution in [3.8, 4) is 5.88 Å². The Balaban J connectivity index is 1.34. The Morgan fingerprint density at radius 1 is 0.939 bits per heavy atom. The van der Waals surface area contributed by atoms with Gasteiger partial charge in [0, 0.05) is 30.6 Å². The number of nitrogens with zero attached hydrogens (tertiary/aromatic N) is 4. The van der Waals surface area contributed by atoms with Crippen LogP contribution in [0.4, 0.5) is 5.82 Å². The summed E-state index contributed by atoms with van der Waals surface area (Å²) in [7, 11) is 0. The summed E-state index contributed by atoms with van der Waals surface area (Å²) >= 11 is 6.16. The van der Waals surface area contributed by atoms with Crippen LogP contribution in [0.3, 0.4) is 0 Å². The molecule has 49 heavy (non-hydrogen) atoms. The van der Waals surface area contributed by atoms with E-state index in [1.54, 1.807) is 6.33 Å². The molecule has 9 heteroatoms. The molecule has 0 radical (unpaired) electrons. The molecule has 2 aliphatic carbocycles. The van der Waals surface area contributed by atoms with Crippen LogP contribution in [0.5, 0.6) is 5.88 Å². The first-order chi connectivity index (χ1) is 23.5. The third-order valence-corrected chi connectivity index (χ3v) is 11.6. The molecular weight excluding hydrogens is 630 g/mol. The highest BCUT2D eigenvalue weighted by atomic mass is 35.5. The van der Waals surface area contributed by atoms with Gasteiger partial charge in [0.1, 0.15) is 30.2 Å². The van der Waals surface area contributed by atoms with E-state index < -0.39 is 0 Å². The third kappa shape index (κ3) is 8.06. The Morgan fingerprint density at radius 3 is 2.16 bits per heavy atom. The summed E-state index contributed by atoms with van der Waals surface area (Å²) in [5.41, 5.74) is 12.9. The summed E-state index contributed by atoms with van der Waals surface area (Å²) in [6.07, 6.45) is 12.6. The maximum Gasteiger partial charge on any atom is 0.218 e. The lowest BCUT2D eigenvalue weighted by Crippen LogP contribution is -2.30. The number of nitrogen functional groups attached to an aromatic ring is 1. The van der Waals surface area contributed by atoms with Gasteiger partial charge in [0.05, 0.1) is 10.7 Å². The standard InChI is InChI=1S/C40H54ClN7O/c1-23(2)30-10-7-25(5)13-32(30)34-15-27(40(42)43)16-35(33-14-26(6)8-11-31(33)24(3)4)36(34)18-44-37-17-39(46-22-45-37)49-21-29-20-48-19-28(41)9-12-38(48)47-29/h9,12,15-17,19-20,22-26,30-33H,7-8,10-11,13-14,18,21H2,1-6H3,(H3,42,43)(H,44,45,46). The van der Waals surface area contributed by atoms with E-state index in [4.69, 9.17) is 27.5 Å². The van der Waals surface area contributed by atoms with Crippen LogP contribution in [0.2, 0.25) is 5.02 Å². The number of amidine groups is 1. The molecule has 0 bridgehead atoms. The summed E-state index contributed by atoms with van der Waals surface area (Å²) in [5.74, 6) is 5.85. The summed E-state index contributed by atoms with van der Waals surface area (Å²) in [6.45, 7) is 15.2. The highest BCUT2D eigenvalue weighted by Crippen LogP contribution is 2.50. The number of nitrogens with two attached hydrogens (primary N) is 1. The lowest BCUT2D eigenvalue weighted by molar-refractivity contribution is 0.192. The van der Waals surface area contributed by atoms with Crippen molar-refractivity contribution in [3.63, 3.8) is 0 Å². The van der Waals surface area contributed by atoms with Crippen LogP contribution in [-0.2, 0) is 13.2 Å². The van der Waals surface area contributed by atoms with Crippen LogP contribution in [0.15, 0.2) is 49.1 Å². The summed E-state index contributed by atoms with van der Waals surface area (Å²) in [6, 6.07) is 10.1. The minimum Gasteiger partial charge on any atom is -0.471 e. The molecule has 3 aromatic heterocycles. The second-order valence-electron chi connectivity index (χ2n) is 15.6. The van der Waals surface area contributed by atoms with Crippen LogP contribution in [0.1, 0.15) is 120 Å². The first-order valence-electron chi connectivity index (χ1n) is 18.3. The van der Waals surface area contributed by atoms with Crippen LogP contribution in [-0.4, -0.2) is 25.2 Å². The molecule has 4 N–H and O–H groups in total. The number of aromatic nitrogens is 4. The monoisotopic (exact) mass is 683 g/mol. The largest absolute Gasteiger partial charge is 0.471 e. The van der Waals surface area contributed by atoms with E-state index in [2.05, 4.69) is 73.9 Å². The van der Waals surface area contributed by atoms with Gasteiger partial charge in [0.15, 0.2) is 0 Å². The summed E-state index contributed by atoms with van der Waals surface area (Å²) in [5, 5.41) is 12.9. The molecule has 8 nitrogen and oxygen atoms in total. The molecular formula is C40H54ClN7O. The average molecular weight is 684 g/mol. The Labute approximate surface area is 297 Å². The molecule has 6 rings (SSSR count). The zero-order valence-corrected chi connectivity index (χ0v) is 30.8. The number of ether oxygens (including phenoxy) is 1. The van der Waals surface area contributed by atoms with Gasteiger partial charge in [0.2, 0.25) is 5.88 Å². The predicted molar refractivity (Wildman–Crippen MR) is 200 cm³/mol. The molecule has 3 heterocycles. The topological polar surface area (TPSA) is 114 Å². The molecule has 6 atom stereocenters. The van der Waals surface area contributed by atoms with Gasteiger partial charge >= 0.3 is 0 Å². The fourth-order valence-electron chi connectivity index (χ4n) is 8.79.